The van der Waals surface area contributed by atoms with Gasteiger partial charge in [-0.05, 0) is 58.6 Å². The number of aromatic nitrogens is 3. The van der Waals surface area contributed by atoms with Gasteiger partial charge in [-0.15, -0.1) is 4.36 Å². The summed E-state index contributed by atoms with van der Waals surface area (Å²) in [5, 5.41) is 0. The highest BCUT2D eigenvalue weighted by Gasteiger charge is 2.22. The quantitative estimate of drug-likeness (QED) is 0.286. The Morgan fingerprint density at radius 2 is 1.47 bits per heavy atom. The molecule has 1 N–H and O–H groups in total. The third-order valence-corrected chi connectivity index (χ3v) is 7.06. The van der Waals surface area contributed by atoms with Crippen LogP contribution in [0.5, 0.6) is 0 Å². The Balaban J connectivity index is 1.65. The molecule has 8 heteroatoms. The highest BCUT2D eigenvalue weighted by Crippen LogP contribution is 2.24. The molecule has 0 spiro atoms. The van der Waals surface area contributed by atoms with Gasteiger partial charge in [0.05, 0.1) is 17.3 Å². The Bertz CT molecular complexity index is 1600. The van der Waals surface area contributed by atoms with Crippen molar-refractivity contribution < 1.29 is 13.3 Å². The van der Waals surface area contributed by atoms with Gasteiger partial charge in [0.2, 0.25) is 5.52 Å². The second-order valence-corrected chi connectivity index (χ2v) is 10.2. The third-order valence-electron chi connectivity index (χ3n) is 5.22. The molecule has 6 nitrogen and oxygen atoms in total. The van der Waals surface area contributed by atoms with Gasteiger partial charge < -0.3 is 0 Å². The van der Waals surface area contributed by atoms with E-state index >= 15 is 0 Å². The lowest BCUT2D eigenvalue weighted by atomic mass is 10.1. The average Bonchev–Trinajstić information content (AvgIpc) is 2.84. The van der Waals surface area contributed by atoms with Crippen LogP contribution in [0.15, 0.2) is 117 Å². The molecule has 0 aliphatic rings. The highest BCUT2D eigenvalue weighted by molar-refractivity contribution is 9.10. The number of hydrogen-bond donors (Lipinski definition) is 1. The lowest BCUT2D eigenvalue weighted by molar-refractivity contribution is -0.599. The molecule has 0 aliphatic heterocycles. The van der Waals surface area contributed by atoms with E-state index in [-0.39, 0.29) is 10.7 Å². The van der Waals surface area contributed by atoms with Crippen molar-refractivity contribution in [2.24, 2.45) is 4.36 Å². The Morgan fingerprint density at radius 1 is 0.824 bits per heavy atom. The van der Waals surface area contributed by atoms with E-state index in [4.69, 9.17) is 4.98 Å². The van der Waals surface area contributed by atoms with Crippen LogP contribution in [0.25, 0.3) is 16.9 Å². The number of benzene rings is 3. The van der Waals surface area contributed by atoms with Crippen molar-refractivity contribution in [3.8, 4) is 5.82 Å². The second kappa shape index (κ2) is 9.42. The minimum absolute atomic E-state index is 0.0935. The minimum atomic E-state index is -3.75. The van der Waals surface area contributed by atoms with Crippen LogP contribution in [-0.2, 0) is 16.4 Å². The van der Waals surface area contributed by atoms with E-state index in [0.717, 1.165) is 16.5 Å². The molecular weight excluding hydrogens is 512 g/mol. The zero-order chi connectivity index (χ0) is 23.5. The van der Waals surface area contributed by atoms with Crippen molar-refractivity contribution in [3.05, 3.63) is 119 Å². The van der Waals surface area contributed by atoms with E-state index < -0.39 is 10.0 Å². The summed E-state index contributed by atoms with van der Waals surface area (Å²) in [4.78, 5) is 9.54. The lowest BCUT2D eigenvalue weighted by Crippen LogP contribution is -2.32. The van der Waals surface area contributed by atoms with Crippen molar-refractivity contribution in [3.63, 3.8) is 0 Å². The molecule has 0 radical (unpaired) electrons. The minimum Gasteiger partial charge on any atom is -0.296 e. The number of nitrogens with zero attached hydrogens (tertiary/aromatic N) is 4. The van der Waals surface area contributed by atoms with Crippen LogP contribution in [0, 0.1) is 0 Å². The fourth-order valence-electron chi connectivity index (χ4n) is 3.59. The van der Waals surface area contributed by atoms with Crippen LogP contribution in [0.4, 0.5) is 5.82 Å². The molecule has 1 atom stereocenters. The number of rotatable bonds is 5. The van der Waals surface area contributed by atoms with Crippen molar-refractivity contribution in [2.45, 2.75) is 11.3 Å². The van der Waals surface area contributed by atoms with Gasteiger partial charge in [0.25, 0.3) is 5.82 Å². The number of pyridine rings is 1. The summed E-state index contributed by atoms with van der Waals surface area (Å²) in [6.45, 7) is 0. The molecule has 5 aromatic rings. The standard InChI is InChI=1S/C26H19BrN4O2S/c27-21-12-14-22(15-13-21)34(32,33)30-25-26(29-24-11-5-4-10-23(24)28-25)31-16-6-9-20(18-31)17-19-7-2-1-3-8-19/h1-16,18H,17H2/p+1. The van der Waals surface area contributed by atoms with Crippen LogP contribution < -0.4 is 4.57 Å². The molecule has 0 bridgehead atoms. The molecule has 3 aromatic carbocycles. The number of hydrogen-bond acceptors (Lipinski definition) is 4. The van der Waals surface area contributed by atoms with Gasteiger partial charge in [-0.1, -0.05) is 64.5 Å². The topological polar surface area (TPSA) is 79.3 Å². The summed E-state index contributed by atoms with van der Waals surface area (Å²) in [7, 11) is -3.75. The van der Waals surface area contributed by atoms with Crippen molar-refractivity contribution in [1.29, 1.82) is 0 Å². The molecule has 2 aromatic heterocycles. The molecule has 0 amide bonds. The van der Waals surface area contributed by atoms with Crippen LogP contribution in [0.1, 0.15) is 11.1 Å². The molecule has 168 valence electrons. The first kappa shape index (κ1) is 22.3. The zero-order valence-electron chi connectivity index (χ0n) is 18.0. The van der Waals surface area contributed by atoms with E-state index in [1.807, 2.05) is 60.9 Å². The predicted octanol–water partition coefficient (Wildman–Crippen LogP) is 5.89. The van der Waals surface area contributed by atoms with Gasteiger partial charge in [-0.2, -0.15) is 4.57 Å². The Labute approximate surface area is 206 Å². The second-order valence-electron chi connectivity index (χ2n) is 7.68. The van der Waals surface area contributed by atoms with Gasteiger partial charge in [0.15, 0.2) is 10.0 Å². The molecule has 0 saturated carbocycles. The van der Waals surface area contributed by atoms with E-state index in [0.29, 0.717) is 16.9 Å². The SMILES string of the molecule is O=S(O)(=Nc1nc2ccccc2nc1-[n+]1cccc(Cc2ccccc2)c1)c1ccc(Br)cc1. The Kier molecular flexibility index (Phi) is 6.19. The summed E-state index contributed by atoms with van der Waals surface area (Å²) >= 11 is 3.35. The number of para-hydroxylation sites is 2. The molecule has 1 unspecified atom stereocenters. The molecule has 2 heterocycles. The molecule has 0 fully saturated rings. The van der Waals surface area contributed by atoms with Crippen molar-refractivity contribution in [1.82, 2.24) is 9.97 Å². The maximum atomic E-state index is 13.2. The first-order chi connectivity index (χ1) is 16.5. The summed E-state index contributed by atoms with van der Waals surface area (Å²) in [6, 6.07) is 28.1. The van der Waals surface area contributed by atoms with Crippen LogP contribution in [0.2, 0.25) is 0 Å². The van der Waals surface area contributed by atoms with E-state index in [9.17, 15) is 8.76 Å². The summed E-state index contributed by atoms with van der Waals surface area (Å²) < 4.78 is 30.8. The number of halogens is 1. The first-order valence-corrected chi connectivity index (χ1v) is 12.8. The van der Waals surface area contributed by atoms with Gasteiger partial charge in [0, 0.05) is 10.9 Å². The van der Waals surface area contributed by atoms with Crippen molar-refractivity contribution in [2.75, 3.05) is 0 Å². The largest absolute Gasteiger partial charge is 0.374 e. The van der Waals surface area contributed by atoms with Gasteiger partial charge in [-0.25, -0.2) is 9.19 Å². The fourth-order valence-corrected chi connectivity index (χ4v) is 4.81. The smallest absolute Gasteiger partial charge is 0.296 e. The van der Waals surface area contributed by atoms with Gasteiger partial charge >= 0.3 is 5.82 Å². The molecule has 0 saturated heterocycles. The normalized spacial score (nSPS) is 12.9. The monoisotopic (exact) mass is 531 g/mol. The maximum absolute atomic E-state index is 13.2. The molecular formula is C26H20BrN4O2S+. The van der Waals surface area contributed by atoms with Crippen LogP contribution >= 0.6 is 15.9 Å². The zero-order valence-corrected chi connectivity index (χ0v) is 20.4. The van der Waals surface area contributed by atoms with E-state index in [1.54, 1.807) is 34.9 Å². The molecule has 34 heavy (non-hydrogen) atoms. The average molecular weight is 532 g/mol. The maximum Gasteiger partial charge on any atom is 0.374 e. The predicted molar refractivity (Wildman–Crippen MR) is 136 cm³/mol. The summed E-state index contributed by atoms with van der Waals surface area (Å²) in [5.74, 6) is 0.475. The number of fused-ring (bicyclic) bond motifs is 1. The molecule has 0 aliphatic carbocycles. The van der Waals surface area contributed by atoms with Gasteiger partial charge in [-0.3, -0.25) is 4.55 Å². The molecule has 5 rings (SSSR count). The van der Waals surface area contributed by atoms with Gasteiger partial charge in [0.1, 0.15) is 5.52 Å². The fraction of sp³-hybridized carbons (Fsp3) is 0.0385. The Hall–Kier alpha value is -3.46. The van der Waals surface area contributed by atoms with E-state index in [2.05, 4.69) is 37.4 Å². The van der Waals surface area contributed by atoms with E-state index in [1.165, 1.54) is 5.56 Å². The Morgan fingerprint density at radius 3 is 2.21 bits per heavy atom. The lowest BCUT2D eigenvalue weighted by Gasteiger charge is -2.06. The van der Waals surface area contributed by atoms with Crippen LogP contribution in [-0.4, -0.2) is 18.7 Å². The van der Waals surface area contributed by atoms with Crippen LogP contribution in [0.3, 0.4) is 0 Å². The summed E-state index contributed by atoms with van der Waals surface area (Å²) in [5.41, 5.74) is 3.51. The highest BCUT2D eigenvalue weighted by atomic mass is 79.9. The van der Waals surface area contributed by atoms with Crippen molar-refractivity contribution >= 4 is 42.8 Å². The third kappa shape index (κ3) is 4.89. The first-order valence-electron chi connectivity index (χ1n) is 10.5. The summed E-state index contributed by atoms with van der Waals surface area (Å²) in [6.07, 6.45) is 4.53.